The van der Waals surface area contributed by atoms with Crippen molar-refractivity contribution in [3.63, 3.8) is 0 Å². The molecule has 3 rings (SSSR count). The topological polar surface area (TPSA) is 109 Å². The van der Waals surface area contributed by atoms with Gasteiger partial charge in [0.25, 0.3) is 0 Å². The SMILES string of the molecule is COCC(C)Oc1cc(-c2cnc(Nc3cn[nH]c3)nc2)c(F)cc1C#N. The Hall–Kier alpha value is -3.51. The van der Waals surface area contributed by atoms with Crippen molar-refractivity contribution in [1.29, 1.82) is 5.26 Å². The van der Waals surface area contributed by atoms with Gasteiger partial charge in [-0.2, -0.15) is 10.4 Å². The van der Waals surface area contributed by atoms with Gasteiger partial charge in [0.1, 0.15) is 23.7 Å². The number of methoxy groups -OCH3 is 1. The van der Waals surface area contributed by atoms with E-state index < -0.39 is 5.82 Å². The molecular weight excluding hydrogens is 351 g/mol. The number of rotatable bonds is 7. The summed E-state index contributed by atoms with van der Waals surface area (Å²) >= 11 is 0. The smallest absolute Gasteiger partial charge is 0.227 e. The first-order valence-corrected chi connectivity index (χ1v) is 8.08. The molecule has 0 fully saturated rings. The Labute approximate surface area is 155 Å². The second-order valence-electron chi connectivity index (χ2n) is 5.73. The van der Waals surface area contributed by atoms with Crippen molar-refractivity contribution < 1.29 is 13.9 Å². The number of aromatic amines is 1. The molecule has 9 heteroatoms. The van der Waals surface area contributed by atoms with Crippen LogP contribution in [-0.4, -0.2) is 40.0 Å². The minimum absolute atomic E-state index is 0.110. The third-order valence-electron chi connectivity index (χ3n) is 3.64. The highest BCUT2D eigenvalue weighted by atomic mass is 19.1. The number of nitrogens with zero attached hydrogens (tertiary/aromatic N) is 4. The van der Waals surface area contributed by atoms with E-state index in [0.717, 1.165) is 6.07 Å². The molecule has 0 aliphatic rings. The van der Waals surface area contributed by atoms with Crippen molar-refractivity contribution in [1.82, 2.24) is 20.2 Å². The van der Waals surface area contributed by atoms with Gasteiger partial charge in [0, 0.05) is 36.8 Å². The number of nitrogens with one attached hydrogen (secondary N) is 2. The van der Waals surface area contributed by atoms with Gasteiger partial charge in [-0.3, -0.25) is 5.10 Å². The number of anilines is 2. The van der Waals surface area contributed by atoms with Crippen molar-refractivity contribution in [2.24, 2.45) is 0 Å². The van der Waals surface area contributed by atoms with Crippen LogP contribution in [0.2, 0.25) is 0 Å². The van der Waals surface area contributed by atoms with Crippen LogP contribution in [0.1, 0.15) is 12.5 Å². The van der Waals surface area contributed by atoms with E-state index >= 15 is 0 Å². The van der Waals surface area contributed by atoms with Crippen LogP contribution in [0.5, 0.6) is 5.75 Å². The lowest BCUT2D eigenvalue weighted by molar-refractivity contribution is 0.0918. The van der Waals surface area contributed by atoms with Crippen molar-refractivity contribution >= 4 is 11.6 Å². The summed E-state index contributed by atoms with van der Waals surface area (Å²) in [6.45, 7) is 2.14. The predicted molar refractivity (Wildman–Crippen MR) is 96.0 cm³/mol. The summed E-state index contributed by atoms with van der Waals surface area (Å²) in [7, 11) is 1.55. The van der Waals surface area contributed by atoms with Gasteiger partial charge in [-0.15, -0.1) is 0 Å². The van der Waals surface area contributed by atoms with E-state index in [1.165, 1.54) is 18.5 Å². The van der Waals surface area contributed by atoms with Gasteiger partial charge in [0.2, 0.25) is 5.95 Å². The van der Waals surface area contributed by atoms with Crippen molar-refractivity contribution in [2.45, 2.75) is 13.0 Å². The maximum Gasteiger partial charge on any atom is 0.227 e. The van der Waals surface area contributed by atoms with Gasteiger partial charge in [-0.1, -0.05) is 0 Å². The molecule has 2 N–H and O–H groups in total. The monoisotopic (exact) mass is 368 g/mol. The fourth-order valence-corrected chi connectivity index (χ4v) is 2.42. The molecular formula is C18H17FN6O2. The second kappa shape index (κ2) is 8.25. The molecule has 0 bridgehead atoms. The highest BCUT2D eigenvalue weighted by molar-refractivity contribution is 5.67. The Bertz CT molecular complexity index is 938. The van der Waals surface area contributed by atoms with E-state index in [1.54, 1.807) is 26.4 Å². The lowest BCUT2D eigenvalue weighted by Gasteiger charge is -2.16. The van der Waals surface area contributed by atoms with Crippen LogP contribution in [0.25, 0.3) is 11.1 Å². The number of hydrogen-bond acceptors (Lipinski definition) is 7. The van der Waals surface area contributed by atoms with Crippen molar-refractivity contribution in [3.8, 4) is 22.9 Å². The maximum absolute atomic E-state index is 14.5. The average Bonchev–Trinajstić information content (AvgIpc) is 3.17. The zero-order valence-electron chi connectivity index (χ0n) is 14.7. The van der Waals surface area contributed by atoms with Crippen molar-refractivity contribution in [2.75, 3.05) is 19.0 Å². The first-order chi connectivity index (χ1) is 13.1. The molecule has 3 aromatic rings. The Balaban J connectivity index is 1.87. The van der Waals surface area contributed by atoms with Crippen LogP contribution in [0.3, 0.4) is 0 Å². The average molecular weight is 368 g/mol. The molecule has 8 nitrogen and oxygen atoms in total. The third kappa shape index (κ3) is 4.37. The molecule has 1 atom stereocenters. The van der Waals surface area contributed by atoms with Gasteiger partial charge < -0.3 is 14.8 Å². The van der Waals surface area contributed by atoms with Crippen LogP contribution in [-0.2, 0) is 4.74 Å². The highest BCUT2D eigenvalue weighted by Crippen LogP contribution is 2.30. The highest BCUT2D eigenvalue weighted by Gasteiger charge is 2.15. The minimum Gasteiger partial charge on any atom is -0.487 e. The molecule has 2 heterocycles. The van der Waals surface area contributed by atoms with Gasteiger partial charge in [0.15, 0.2) is 0 Å². The Kier molecular flexibility index (Phi) is 5.58. The number of nitriles is 1. The first-order valence-electron chi connectivity index (χ1n) is 8.08. The molecule has 1 aromatic carbocycles. The number of halogens is 1. The fraction of sp³-hybridized carbons (Fsp3) is 0.222. The van der Waals surface area contributed by atoms with Crippen LogP contribution in [0, 0.1) is 17.1 Å². The second-order valence-corrected chi connectivity index (χ2v) is 5.73. The maximum atomic E-state index is 14.5. The van der Waals surface area contributed by atoms with E-state index in [4.69, 9.17) is 9.47 Å². The molecule has 138 valence electrons. The van der Waals surface area contributed by atoms with Crippen LogP contribution < -0.4 is 10.1 Å². The van der Waals surface area contributed by atoms with E-state index in [-0.39, 0.29) is 23.0 Å². The Morgan fingerprint density at radius 3 is 2.70 bits per heavy atom. The summed E-state index contributed by atoms with van der Waals surface area (Å²) in [6, 6.07) is 4.56. The summed E-state index contributed by atoms with van der Waals surface area (Å²) in [6.07, 6.45) is 5.92. The molecule has 0 spiro atoms. The summed E-state index contributed by atoms with van der Waals surface area (Å²) < 4.78 is 25.2. The molecule has 0 saturated carbocycles. The molecule has 0 radical (unpaired) electrons. The molecule has 1 unspecified atom stereocenters. The number of benzene rings is 1. The zero-order chi connectivity index (χ0) is 19.2. The summed E-state index contributed by atoms with van der Waals surface area (Å²) in [4.78, 5) is 8.35. The molecule has 0 amide bonds. The Morgan fingerprint density at radius 2 is 2.07 bits per heavy atom. The number of ether oxygens (including phenoxy) is 2. The standard InChI is InChI=1S/C18H17FN6O2/c1-11(10-26-2)27-17-4-15(16(19)3-12(17)5-20)13-6-21-18(22-7-13)25-14-8-23-24-9-14/h3-4,6-9,11H,10H2,1-2H3,(H,23,24)(H,21,22,25). The predicted octanol–water partition coefficient (Wildman–Crippen LogP) is 3.03. The zero-order valence-corrected chi connectivity index (χ0v) is 14.7. The minimum atomic E-state index is -0.558. The Morgan fingerprint density at radius 1 is 1.30 bits per heavy atom. The quantitative estimate of drug-likeness (QED) is 0.660. The van der Waals surface area contributed by atoms with E-state index in [2.05, 4.69) is 25.5 Å². The number of H-pyrrole nitrogens is 1. The van der Waals surface area contributed by atoms with E-state index in [0.29, 0.717) is 23.8 Å². The fourth-order valence-electron chi connectivity index (χ4n) is 2.42. The van der Waals surface area contributed by atoms with Crippen LogP contribution in [0.4, 0.5) is 16.0 Å². The molecule has 27 heavy (non-hydrogen) atoms. The van der Waals surface area contributed by atoms with Gasteiger partial charge in [-0.05, 0) is 19.1 Å². The van der Waals surface area contributed by atoms with E-state index in [1.807, 2.05) is 6.07 Å². The van der Waals surface area contributed by atoms with E-state index in [9.17, 15) is 9.65 Å². The summed E-state index contributed by atoms with van der Waals surface area (Å²) in [5.74, 6) is 0.0656. The molecule has 0 aliphatic carbocycles. The lowest BCUT2D eigenvalue weighted by Crippen LogP contribution is -2.18. The number of hydrogen-bond donors (Lipinski definition) is 2. The van der Waals surface area contributed by atoms with Crippen LogP contribution >= 0.6 is 0 Å². The van der Waals surface area contributed by atoms with Gasteiger partial charge in [-0.25, -0.2) is 14.4 Å². The van der Waals surface area contributed by atoms with Crippen LogP contribution in [0.15, 0.2) is 36.9 Å². The van der Waals surface area contributed by atoms with Gasteiger partial charge in [0.05, 0.1) is 24.1 Å². The molecule has 2 aromatic heterocycles. The number of aromatic nitrogens is 4. The third-order valence-corrected chi connectivity index (χ3v) is 3.64. The first kappa shape index (κ1) is 18.3. The largest absolute Gasteiger partial charge is 0.487 e. The van der Waals surface area contributed by atoms with Gasteiger partial charge >= 0.3 is 0 Å². The summed E-state index contributed by atoms with van der Waals surface area (Å²) in [5, 5.41) is 18.7. The lowest BCUT2D eigenvalue weighted by atomic mass is 10.1. The normalized spacial score (nSPS) is 11.6. The van der Waals surface area contributed by atoms with Crippen molar-refractivity contribution in [3.05, 3.63) is 48.3 Å². The molecule has 0 saturated heterocycles. The molecule has 0 aliphatic heterocycles. The summed E-state index contributed by atoms with van der Waals surface area (Å²) in [5.41, 5.74) is 1.51.